The van der Waals surface area contributed by atoms with Crippen LogP contribution in [-0.2, 0) is 28.8 Å². The van der Waals surface area contributed by atoms with Gasteiger partial charge in [-0.1, -0.05) is 34.6 Å². The highest BCUT2D eigenvalue weighted by atomic mass is 16.3. The van der Waals surface area contributed by atoms with Gasteiger partial charge in [0.1, 0.15) is 6.04 Å². The summed E-state index contributed by atoms with van der Waals surface area (Å²) in [4.78, 5) is 91.8. The number of aliphatic imine (C=N–C) groups is 3. The number of hydrogen-bond acceptors (Lipinski definition) is 10. The van der Waals surface area contributed by atoms with Crippen molar-refractivity contribution in [2.75, 3.05) is 26.2 Å². The number of ketones is 2. The van der Waals surface area contributed by atoms with Gasteiger partial charge in [0.05, 0.1) is 18.7 Å². The monoisotopic (exact) mass is 796 g/mol. The summed E-state index contributed by atoms with van der Waals surface area (Å²) in [5, 5.41) is 17.6. The standard InChI is InChI=1S/C36H69N13O7/c1-20(2)15-24(33(56)49-27(19-50)30(37)53)18-29(52)26(16-21(3)4)48-32(55)23(10-7-13-45-35(40)41)17-28(51)25(11-8-14-46-36(42)43)47-31(54)22(5)9-6-12-44-34(38)39/h20-27,50H,6-19H2,1-5H3,(H2,37,53)(H,47,54)(H,48,55)(H,49,56)(H4,38,39,44)(H4,40,41,45)(H4,42,43,46)/t22-,23+,24+,25-,26-,27-/m0/s1. The molecule has 0 rings (SSSR count). The number of Topliss-reactive ketones (excluding diaryl/α,β-unsaturated/α-hetero) is 2. The smallest absolute Gasteiger partial charge is 0.242 e. The molecule has 4 amide bonds. The lowest BCUT2D eigenvalue weighted by molar-refractivity contribution is -0.136. The number of nitrogens with one attached hydrogen (secondary N) is 3. The number of aliphatic hydroxyl groups is 1. The Morgan fingerprint density at radius 1 is 0.518 bits per heavy atom. The van der Waals surface area contributed by atoms with E-state index in [-0.39, 0.29) is 87.2 Å². The number of guanidine groups is 3. The molecule has 0 saturated heterocycles. The SMILES string of the molecule is CC(C)C[C@H](CC(=O)[C@H](CC(C)C)NC(=O)[C@H](CCCN=C(N)N)CC(=O)[C@H](CCCN=C(N)N)NC(=O)[C@@H](C)CCCN=C(N)N)C(=O)N[C@@H](CO)C(N)=O. The van der Waals surface area contributed by atoms with E-state index >= 15 is 0 Å². The lowest BCUT2D eigenvalue weighted by Crippen LogP contribution is -2.50. The molecular formula is C36H69N13O7. The van der Waals surface area contributed by atoms with Crippen LogP contribution in [0.5, 0.6) is 0 Å². The Hall–Kier alpha value is -5.01. The van der Waals surface area contributed by atoms with Gasteiger partial charge < -0.3 is 61.2 Å². The minimum absolute atomic E-state index is 0.0148. The number of nitrogens with two attached hydrogens (primary N) is 7. The zero-order valence-corrected chi connectivity index (χ0v) is 33.8. The third-order valence-electron chi connectivity index (χ3n) is 8.84. The summed E-state index contributed by atoms with van der Waals surface area (Å²) in [6.07, 6.45) is 1.98. The first-order chi connectivity index (χ1) is 26.2. The first kappa shape index (κ1) is 51.0. The van der Waals surface area contributed by atoms with Crippen molar-refractivity contribution < 1.29 is 33.9 Å². The first-order valence-corrected chi connectivity index (χ1v) is 19.2. The average molecular weight is 796 g/mol. The highest BCUT2D eigenvalue weighted by Gasteiger charge is 2.33. The van der Waals surface area contributed by atoms with Gasteiger partial charge in [0.15, 0.2) is 29.4 Å². The maximum atomic E-state index is 14.0. The normalized spacial score (nSPS) is 14.3. The fourth-order valence-corrected chi connectivity index (χ4v) is 5.89. The van der Waals surface area contributed by atoms with Crippen LogP contribution in [-0.4, -0.2) is 103 Å². The van der Waals surface area contributed by atoms with E-state index in [0.29, 0.717) is 32.2 Å². The minimum atomic E-state index is -1.32. The second-order valence-corrected chi connectivity index (χ2v) is 15.0. The van der Waals surface area contributed by atoms with Crippen molar-refractivity contribution in [3.05, 3.63) is 0 Å². The molecule has 6 atom stereocenters. The van der Waals surface area contributed by atoms with Crippen molar-refractivity contribution in [3.8, 4) is 0 Å². The van der Waals surface area contributed by atoms with E-state index in [1.165, 1.54) is 0 Å². The van der Waals surface area contributed by atoms with Gasteiger partial charge in [0.25, 0.3) is 0 Å². The molecule has 18 N–H and O–H groups in total. The topological polar surface area (TPSA) is 378 Å². The van der Waals surface area contributed by atoms with Gasteiger partial charge in [-0.3, -0.25) is 43.7 Å². The lowest BCUT2D eigenvalue weighted by atomic mass is 9.87. The highest BCUT2D eigenvalue weighted by molar-refractivity contribution is 5.96. The molecule has 20 nitrogen and oxygen atoms in total. The largest absolute Gasteiger partial charge is 0.394 e. The Labute approximate surface area is 330 Å². The van der Waals surface area contributed by atoms with Crippen LogP contribution in [0.1, 0.15) is 98.8 Å². The second kappa shape index (κ2) is 27.6. The molecule has 0 spiro atoms. The Bertz CT molecular complexity index is 1360. The maximum Gasteiger partial charge on any atom is 0.242 e. The van der Waals surface area contributed by atoms with E-state index in [2.05, 4.69) is 30.9 Å². The van der Waals surface area contributed by atoms with E-state index in [1.54, 1.807) is 6.92 Å². The molecule has 0 unspecified atom stereocenters. The van der Waals surface area contributed by atoms with Crippen molar-refractivity contribution in [2.24, 2.45) is 84.7 Å². The number of rotatable bonds is 30. The van der Waals surface area contributed by atoms with Crippen molar-refractivity contribution >= 4 is 53.1 Å². The fourth-order valence-electron chi connectivity index (χ4n) is 5.89. The Kier molecular flexibility index (Phi) is 25.1. The number of primary amides is 1. The number of aliphatic hydroxyl groups excluding tert-OH is 1. The van der Waals surface area contributed by atoms with E-state index < -0.39 is 71.8 Å². The van der Waals surface area contributed by atoms with Crippen LogP contribution in [0.15, 0.2) is 15.0 Å². The Balaban J connectivity index is 6.38. The zero-order chi connectivity index (χ0) is 43.0. The summed E-state index contributed by atoms with van der Waals surface area (Å²) in [5.41, 5.74) is 37.9. The first-order valence-electron chi connectivity index (χ1n) is 19.2. The summed E-state index contributed by atoms with van der Waals surface area (Å²) in [6, 6.07) is -3.31. The molecule has 0 aliphatic carbocycles. The molecule has 20 heteroatoms. The molecule has 320 valence electrons. The van der Waals surface area contributed by atoms with Crippen LogP contribution in [0.3, 0.4) is 0 Å². The fraction of sp³-hybridized carbons (Fsp3) is 0.750. The quantitative estimate of drug-likeness (QED) is 0.0212. The van der Waals surface area contributed by atoms with Crippen molar-refractivity contribution in [3.63, 3.8) is 0 Å². The van der Waals surface area contributed by atoms with E-state index in [0.717, 1.165) is 0 Å². The van der Waals surface area contributed by atoms with E-state index in [4.69, 9.17) is 40.1 Å². The number of carbonyl (C=O) groups excluding carboxylic acids is 6. The Morgan fingerprint density at radius 3 is 1.39 bits per heavy atom. The van der Waals surface area contributed by atoms with Gasteiger partial charge in [-0.2, -0.15) is 0 Å². The van der Waals surface area contributed by atoms with Gasteiger partial charge in [-0.15, -0.1) is 0 Å². The minimum Gasteiger partial charge on any atom is -0.394 e. The highest BCUT2D eigenvalue weighted by Crippen LogP contribution is 2.21. The van der Waals surface area contributed by atoms with Crippen molar-refractivity contribution in [1.29, 1.82) is 0 Å². The lowest BCUT2D eigenvalue weighted by Gasteiger charge is -2.27. The molecule has 56 heavy (non-hydrogen) atoms. The zero-order valence-electron chi connectivity index (χ0n) is 33.8. The molecule has 0 heterocycles. The summed E-state index contributed by atoms with van der Waals surface area (Å²) in [5.74, 6) is -6.00. The van der Waals surface area contributed by atoms with Crippen LogP contribution in [0.25, 0.3) is 0 Å². The van der Waals surface area contributed by atoms with Gasteiger partial charge in [-0.05, 0) is 63.2 Å². The van der Waals surface area contributed by atoms with Gasteiger partial charge >= 0.3 is 0 Å². The molecule has 0 aliphatic heterocycles. The summed E-state index contributed by atoms with van der Waals surface area (Å²) in [7, 11) is 0. The summed E-state index contributed by atoms with van der Waals surface area (Å²) < 4.78 is 0. The molecule has 0 saturated carbocycles. The maximum absolute atomic E-state index is 14.0. The van der Waals surface area contributed by atoms with Gasteiger partial charge in [-0.25, -0.2) is 0 Å². The number of carbonyl (C=O) groups is 6. The molecule has 0 aliphatic rings. The number of nitrogens with zero attached hydrogens (tertiary/aromatic N) is 3. The molecule has 0 aromatic heterocycles. The summed E-state index contributed by atoms with van der Waals surface area (Å²) >= 11 is 0. The average Bonchev–Trinajstić information content (AvgIpc) is 3.09. The van der Waals surface area contributed by atoms with Crippen LogP contribution in [0.4, 0.5) is 0 Å². The number of amides is 4. The number of hydrogen-bond donors (Lipinski definition) is 11. The van der Waals surface area contributed by atoms with Crippen molar-refractivity contribution in [1.82, 2.24) is 16.0 Å². The van der Waals surface area contributed by atoms with Gasteiger partial charge in [0.2, 0.25) is 23.6 Å². The van der Waals surface area contributed by atoms with Crippen LogP contribution >= 0.6 is 0 Å². The molecule has 0 aromatic carbocycles. The van der Waals surface area contributed by atoms with E-state index in [1.807, 2.05) is 27.7 Å². The molecule has 0 radical (unpaired) electrons. The second-order valence-electron chi connectivity index (χ2n) is 15.0. The van der Waals surface area contributed by atoms with E-state index in [9.17, 15) is 33.9 Å². The Morgan fingerprint density at radius 2 is 0.929 bits per heavy atom. The third-order valence-corrected chi connectivity index (χ3v) is 8.84. The molecule has 0 aromatic rings. The van der Waals surface area contributed by atoms with Crippen molar-refractivity contribution in [2.45, 2.75) is 117 Å². The van der Waals surface area contributed by atoms with Crippen LogP contribution in [0.2, 0.25) is 0 Å². The van der Waals surface area contributed by atoms with Crippen LogP contribution < -0.4 is 56.1 Å². The predicted octanol–water partition coefficient (Wildman–Crippen LogP) is -2.04. The molecule has 0 bridgehead atoms. The van der Waals surface area contributed by atoms with Crippen LogP contribution in [0, 0.1) is 29.6 Å². The predicted molar refractivity (Wildman–Crippen MR) is 216 cm³/mol. The third kappa shape index (κ3) is 23.0. The molecular weight excluding hydrogens is 726 g/mol. The molecule has 0 fully saturated rings. The van der Waals surface area contributed by atoms with Gasteiger partial charge in [0, 0.05) is 50.2 Å². The summed E-state index contributed by atoms with van der Waals surface area (Å²) in [6.45, 7) is 9.21.